The van der Waals surface area contributed by atoms with Crippen molar-refractivity contribution in [2.24, 2.45) is 5.92 Å². The number of rotatable bonds is 2. The molecule has 1 N–H and O–H groups in total. The van der Waals surface area contributed by atoms with Gasteiger partial charge >= 0.3 is 12.2 Å². The molecule has 0 aliphatic carbocycles. The van der Waals surface area contributed by atoms with Gasteiger partial charge in [0.15, 0.2) is 0 Å². The van der Waals surface area contributed by atoms with Gasteiger partial charge in [0.2, 0.25) is 0 Å². The number of aryl methyl sites for hydroxylation is 1. The highest BCUT2D eigenvalue weighted by atomic mass is 19.4. The Kier molecular flexibility index (Phi) is 5.69. The summed E-state index contributed by atoms with van der Waals surface area (Å²) >= 11 is 0. The van der Waals surface area contributed by atoms with E-state index in [4.69, 9.17) is 4.74 Å². The summed E-state index contributed by atoms with van der Waals surface area (Å²) in [5, 5.41) is 2.65. The number of pyridine rings is 1. The van der Waals surface area contributed by atoms with Crippen molar-refractivity contribution in [2.45, 2.75) is 39.5 Å². The number of carbonyl (C=O) groups excluding carboxylic acids is 1. The van der Waals surface area contributed by atoms with E-state index in [1.807, 2.05) is 13.8 Å². The van der Waals surface area contributed by atoms with E-state index in [2.05, 4.69) is 10.3 Å². The molecule has 0 radical (unpaired) electrons. The Bertz CT molecular complexity index is 590. The molecule has 0 aromatic carbocycles. The summed E-state index contributed by atoms with van der Waals surface area (Å²) in [5.41, 5.74) is -0.377. The molecule has 5 nitrogen and oxygen atoms in total. The van der Waals surface area contributed by atoms with Crippen LogP contribution in [-0.4, -0.2) is 41.7 Å². The summed E-state index contributed by atoms with van der Waals surface area (Å²) < 4.78 is 43.6. The number of urea groups is 1. The molecule has 1 fully saturated rings. The molecule has 1 aliphatic heterocycles. The van der Waals surface area contributed by atoms with Gasteiger partial charge in [0.05, 0.1) is 18.0 Å². The highest BCUT2D eigenvalue weighted by Gasteiger charge is 2.33. The van der Waals surface area contributed by atoms with Crippen LogP contribution in [0, 0.1) is 12.8 Å². The van der Waals surface area contributed by atoms with Gasteiger partial charge in [0.25, 0.3) is 0 Å². The maximum atomic E-state index is 12.6. The normalized spacial score (nSPS) is 19.3. The Labute approximate surface area is 139 Å². The van der Waals surface area contributed by atoms with Crippen LogP contribution in [0.25, 0.3) is 0 Å². The molecule has 0 saturated carbocycles. The van der Waals surface area contributed by atoms with E-state index < -0.39 is 11.9 Å². The minimum Gasteiger partial charge on any atom is -0.376 e. The van der Waals surface area contributed by atoms with Crippen molar-refractivity contribution in [3.63, 3.8) is 0 Å². The number of ether oxygens (including phenoxy) is 1. The molecule has 24 heavy (non-hydrogen) atoms. The zero-order chi connectivity index (χ0) is 17.9. The van der Waals surface area contributed by atoms with Crippen molar-refractivity contribution >= 4 is 11.7 Å². The van der Waals surface area contributed by atoms with Gasteiger partial charge in [0.1, 0.15) is 5.69 Å². The van der Waals surface area contributed by atoms with Gasteiger partial charge in [-0.25, -0.2) is 9.78 Å². The number of hydrogen-bond acceptors (Lipinski definition) is 3. The second-order valence-corrected chi connectivity index (χ2v) is 6.27. The molecule has 0 bridgehead atoms. The third-order valence-electron chi connectivity index (χ3n) is 3.98. The SMILES string of the molecule is Cc1cc(C(F)(F)F)ncc1NC(=O)N1CCCOC(C(C)C)C1. The molecule has 1 aliphatic rings. The average molecular weight is 345 g/mol. The van der Waals surface area contributed by atoms with E-state index in [0.717, 1.165) is 18.7 Å². The fraction of sp³-hybridized carbons (Fsp3) is 0.625. The smallest absolute Gasteiger partial charge is 0.376 e. The molecule has 1 unspecified atom stereocenters. The fourth-order valence-electron chi connectivity index (χ4n) is 2.48. The second kappa shape index (κ2) is 7.38. The zero-order valence-corrected chi connectivity index (χ0v) is 14.0. The minimum atomic E-state index is -4.50. The van der Waals surface area contributed by atoms with Crippen LogP contribution in [0.4, 0.5) is 23.7 Å². The number of aromatic nitrogens is 1. The van der Waals surface area contributed by atoms with E-state index in [1.165, 1.54) is 6.92 Å². The van der Waals surface area contributed by atoms with Gasteiger partial charge in [-0.3, -0.25) is 0 Å². The first kappa shape index (κ1) is 18.5. The molecule has 0 spiro atoms. The van der Waals surface area contributed by atoms with Crippen LogP contribution in [0.5, 0.6) is 0 Å². The van der Waals surface area contributed by atoms with Crippen molar-refractivity contribution < 1.29 is 22.7 Å². The first-order valence-corrected chi connectivity index (χ1v) is 7.90. The lowest BCUT2D eigenvalue weighted by Crippen LogP contribution is -2.41. The molecule has 8 heteroatoms. The van der Waals surface area contributed by atoms with Crippen LogP contribution in [0.15, 0.2) is 12.3 Å². The molecule has 1 atom stereocenters. The third kappa shape index (κ3) is 4.59. The highest BCUT2D eigenvalue weighted by molar-refractivity contribution is 5.90. The number of nitrogens with zero attached hydrogens (tertiary/aromatic N) is 2. The van der Waals surface area contributed by atoms with Gasteiger partial charge in [-0.2, -0.15) is 13.2 Å². The lowest BCUT2D eigenvalue weighted by Gasteiger charge is -2.26. The lowest BCUT2D eigenvalue weighted by molar-refractivity contribution is -0.141. The Balaban J connectivity index is 2.08. The molecular weight excluding hydrogens is 323 g/mol. The Morgan fingerprint density at radius 2 is 2.17 bits per heavy atom. The molecule has 2 heterocycles. The van der Waals surface area contributed by atoms with Crippen molar-refractivity contribution in [3.8, 4) is 0 Å². The first-order chi connectivity index (χ1) is 11.2. The molecule has 1 saturated heterocycles. The largest absolute Gasteiger partial charge is 0.433 e. The molecular formula is C16H22F3N3O2. The van der Waals surface area contributed by atoms with Crippen molar-refractivity contribution in [3.05, 3.63) is 23.5 Å². The van der Waals surface area contributed by atoms with Crippen molar-refractivity contribution in [1.82, 2.24) is 9.88 Å². The molecule has 134 valence electrons. The highest BCUT2D eigenvalue weighted by Crippen LogP contribution is 2.29. The lowest BCUT2D eigenvalue weighted by atomic mass is 10.1. The Hall–Kier alpha value is -1.83. The van der Waals surface area contributed by atoms with Gasteiger partial charge in [-0.15, -0.1) is 0 Å². The summed E-state index contributed by atoms with van der Waals surface area (Å²) in [6.07, 6.45) is -2.78. The summed E-state index contributed by atoms with van der Waals surface area (Å²) in [6.45, 7) is 7.15. The van der Waals surface area contributed by atoms with Crippen LogP contribution in [-0.2, 0) is 10.9 Å². The van der Waals surface area contributed by atoms with Crippen LogP contribution in [0.3, 0.4) is 0 Å². The fourth-order valence-corrected chi connectivity index (χ4v) is 2.48. The summed E-state index contributed by atoms with van der Waals surface area (Å²) in [6, 6.07) is 0.578. The van der Waals surface area contributed by atoms with E-state index in [-0.39, 0.29) is 23.7 Å². The van der Waals surface area contributed by atoms with Crippen LogP contribution in [0.1, 0.15) is 31.5 Å². The van der Waals surface area contributed by atoms with E-state index in [0.29, 0.717) is 25.3 Å². The van der Waals surface area contributed by atoms with Crippen LogP contribution >= 0.6 is 0 Å². The van der Waals surface area contributed by atoms with Gasteiger partial charge < -0.3 is 15.0 Å². The maximum Gasteiger partial charge on any atom is 0.433 e. The predicted octanol–water partition coefficient (Wildman–Crippen LogP) is 3.69. The van der Waals surface area contributed by atoms with Gasteiger partial charge in [0, 0.05) is 19.7 Å². The number of carbonyl (C=O) groups is 1. The van der Waals surface area contributed by atoms with E-state index in [9.17, 15) is 18.0 Å². The maximum absolute atomic E-state index is 12.6. The second-order valence-electron chi connectivity index (χ2n) is 6.27. The number of amides is 2. The van der Waals surface area contributed by atoms with Gasteiger partial charge in [-0.05, 0) is 30.9 Å². The summed E-state index contributed by atoms with van der Waals surface area (Å²) in [7, 11) is 0. The number of halogens is 3. The van der Waals surface area contributed by atoms with Crippen molar-refractivity contribution in [2.75, 3.05) is 25.0 Å². The molecule has 2 rings (SSSR count). The Morgan fingerprint density at radius 1 is 1.46 bits per heavy atom. The van der Waals surface area contributed by atoms with Gasteiger partial charge in [-0.1, -0.05) is 13.8 Å². The van der Waals surface area contributed by atoms with Crippen LogP contribution < -0.4 is 5.32 Å². The zero-order valence-electron chi connectivity index (χ0n) is 14.0. The third-order valence-corrected chi connectivity index (χ3v) is 3.98. The standard InChI is InChI=1S/C16H22F3N3O2/c1-10(2)13-9-22(5-4-6-24-13)15(23)21-12-8-20-14(7-11(12)3)16(17,18)19/h7-8,10,13H,4-6,9H2,1-3H3,(H,21,23). The minimum absolute atomic E-state index is 0.0509. The number of anilines is 1. The quantitative estimate of drug-likeness (QED) is 0.889. The Morgan fingerprint density at radius 3 is 2.75 bits per heavy atom. The van der Waals surface area contributed by atoms with Crippen molar-refractivity contribution in [1.29, 1.82) is 0 Å². The average Bonchev–Trinajstić information content (AvgIpc) is 2.74. The summed E-state index contributed by atoms with van der Waals surface area (Å²) in [4.78, 5) is 17.5. The number of hydrogen-bond donors (Lipinski definition) is 1. The molecule has 1 aromatic rings. The molecule has 1 aromatic heterocycles. The molecule has 2 amide bonds. The number of alkyl halides is 3. The van der Waals surface area contributed by atoms with E-state index >= 15 is 0 Å². The summed E-state index contributed by atoms with van der Waals surface area (Å²) in [5.74, 6) is 0.271. The monoisotopic (exact) mass is 345 g/mol. The topological polar surface area (TPSA) is 54.5 Å². The van der Waals surface area contributed by atoms with E-state index in [1.54, 1.807) is 4.90 Å². The predicted molar refractivity (Wildman–Crippen MR) is 83.8 cm³/mol. The van der Waals surface area contributed by atoms with Crippen LogP contribution in [0.2, 0.25) is 0 Å². The number of nitrogens with one attached hydrogen (secondary N) is 1. The first-order valence-electron chi connectivity index (χ1n) is 7.90.